The average Bonchev–Trinajstić information content (AvgIpc) is 2.33. The van der Waals surface area contributed by atoms with Gasteiger partial charge in [-0.1, -0.05) is 23.8 Å². The molecule has 1 aromatic heterocycles. The van der Waals surface area contributed by atoms with Crippen LogP contribution < -0.4 is 10.1 Å². The van der Waals surface area contributed by atoms with Crippen LogP contribution in [0, 0.1) is 6.92 Å². The van der Waals surface area contributed by atoms with E-state index >= 15 is 0 Å². The van der Waals surface area contributed by atoms with Crippen LogP contribution in [0.2, 0.25) is 0 Å². The molecule has 0 fully saturated rings. The van der Waals surface area contributed by atoms with Crippen molar-refractivity contribution in [2.45, 2.75) is 6.92 Å². The van der Waals surface area contributed by atoms with E-state index in [0.717, 1.165) is 5.56 Å². The smallest absolute Gasteiger partial charge is 0.410 e. The first-order valence-electron chi connectivity index (χ1n) is 5.20. The maximum absolute atomic E-state index is 11.5. The van der Waals surface area contributed by atoms with Crippen molar-refractivity contribution in [2.24, 2.45) is 0 Å². The van der Waals surface area contributed by atoms with E-state index in [4.69, 9.17) is 4.74 Å². The van der Waals surface area contributed by atoms with E-state index < -0.39 is 6.09 Å². The molecule has 0 spiro atoms. The van der Waals surface area contributed by atoms with Gasteiger partial charge in [0, 0.05) is 6.20 Å². The first kappa shape index (κ1) is 11.1. The van der Waals surface area contributed by atoms with Crippen LogP contribution in [-0.2, 0) is 0 Å². The second kappa shape index (κ2) is 5.12. The Morgan fingerprint density at radius 1 is 1.18 bits per heavy atom. The van der Waals surface area contributed by atoms with Gasteiger partial charge in [0.15, 0.2) is 0 Å². The second-order valence-corrected chi connectivity index (χ2v) is 3.54. The van der Waals surface area contributed by atoms with Crippen molar-refractivity contribution in [3.63, 3.8) is 0 Å². The van der Waals surface area contributed by atoms with E-state index in [2.05, 4.69) is 10.3 Å². The second-order valence-electron chi connectivity index (χ2n) is 3.54. The molecule has 0 aliphatic rings. The van der Waals surface area contributed by atoms with Crippen molar-refractivity contribution >= 4 is 11.9 Å². The number of aromatic nitrogens is 1. The molecule has 86 valence electrons. The lowest BCUT2D eigenvalue weighted by molar-refractivity contribution is 0.215. The van der Waals surface area contributed by atoms with Gasteiger partial charge in [0.25, 0.3) is 0 Å². The van der Waals surface area contributed by atoms with Gasteiger partial charge in [0.05, 0.1) is 0 Å². The van der Waals surface area contributed by atoms with Crippen LogP contribution in [0.3, 0.4) is 0 Å². The van der Waals surface area contributed by atoms with E-state index in [1.54, 1.807) is 36.5 Å². The monoisotopic (exact) mass is 228 g/mol. The average molecular weight is 228 g/mol. The Morgan fingerprint density at radius 2 is 1.94 bits per heavy atom. The molecular formula is C13H12N2O2. The van der Waals surface area contributed by atoms with Crippen LogP contribution in [0.1, 0.15) is 5.56 Å². The minimum atomic E-state index is -0.549. The molecule has 0 atom stereocenters. The van der Waals surface area contributed by atoms with E-state index in [9.17, 15) is 4.79 Å². The number of ether oxygens (including phenoxy) is 1. The Balaban J connectivity index is 1.96. The van der Waals surface area contributed by atoms with E-state index in [-0.39, 0.29) is 0 Å². The number of carbonyl (C=O) groups is 1. The van der Waals surface area contributed by atoms with Crippen LogP contribution in [0.25, 0.3) is 0 Å². The van der Waals surface area contributed by atoms with E-state index in [1.807, 2.05) is 19.1 Å². The zero-order valence-electron chi connectivity index (χ0n) is 9.38. The van der Waals surface area contributed by atoms with Crippen LogP contribution >= 0.6 is 0 Å². The summed E-state index contributed by atoms with van der Waals surface area (Å²) in [6, 6.07) is 12.5. The number of aryl methyl sites for hydroxylation is 1. The molecule has 0 aliphatic carbocycles. The zero-order chi connectivity index (χ0) is 12.1. The van der Waals surface area contributed by atoms with Gasteiger partial charge in [-0.3, -0.25) is 5.32 Å². The topological polar surface area (TPSA) is 51.2 Å². The van der Waals surface area contributed by atoms with Crippen molar-refractivity contribution in [3.8, 4) is 5.75 Å². The highest BCUT2D eigenvalue weighted by Crippen LogP contribution is 2.12. The summed E-state index contributed by atoms with van der Waals surface area (Å²) in [4.78, 5) is 15.5. The Bertz CT molecular complexity index is 495. The molecular weight excluding hydrogens is 216 g/mol. The largest absolute Gasteiger partial charge is 0.418 e. The summed E-state index contributed by atoms with van der Waals surface area (Å²) in [5, 5.41) is 2.53. The summed E-state index contributed by atoms with van der Waals surface area (Å²) in [5.41, 5.74) is 1.11. The third-order valence-electron chi connectivity index (χ3n) is 2.13. The Hall–Kier alpha value is -2.36. The SMILES string of the molecule is Cc1ccc(OC(=O)Nc2ccccn2)cc1. The van der Waals surface area contributed by atoms with Gasteiger partial charge >= 0.3 is 6.09 Å². The normalized spacial score (nSPS) is 9.71. The summed E-state index contributed by atoms with van der Waals surface area (Å²) in [6.07, 6.45) is 1.05. The number of rotatable bonds is 2. The van der Waals surface area contributed by atoms with Gasteiger partial charge in [0.2, 0.25) is 0 Å². The summed E-state index contributed by atoms with van der Waals surface area (Å²) < 4.78 is 5.08. The molecule has 0 saturated heterocycles. The van der Waals surface area contributed by atoms with Gasteiger partial charge in [-0.05, 0) is 31.2 Å². The first-order valence-corrected chi connectivity index (χ1v) is 5.20. The number of anilines is 1. The van der Waals surface area contributed by atoms with E-state index in [1.165, 1.54) is 0 Å². The zero-order valence-corrected chi connectivity index (χ0v) is 9.38. The minimum absolute atomic E-state index is 0.463. The summed E-state index contributed by atoms with van der Waals surface area (Å²) in [6.45, 7) is 1.97. The van der Waals surface area contributed by atoms with E-state index in [0.29, 0.717) is 11.6 Å². The Kier molecular flexibility index (Phi) is 3.35. The van der Waals surface area contributed by atoms with Crippen LogP contribution in [0.4, 0.5) is 10.6 Å². The molecule has 0 unspecified atom stereocenters. The number of hydrogen-bond donors (Lipinski definition) is 1. The summed E-state index contributed by atoms with van der Waals surface area (Å²) in [7, 11) is 0. The molecule has 4 heteroatoms. The lowest BCUT2D eigenvalue weighted by Crippen LogP contribution is -2.17. The fourth-order valence-electron chi connectivity index (χ4n) is 1.28. The fraction of sp³-hybridized carbons (Fsp3) is 0.0769. The van der Waals surface area contributed by atoms with Crippen molar-refractivity contribution in [1.29, 1.82) is 0 Å². The highest BCUT2D eigenvalue weighted by molar-refractivity contribution is 5.84. The number of hydrogen-bond acceptors (Lipinski definition) is 3. The number of benzene rings is 1. The van der Waals surface area contributed by atoms with Gasteiger partial charge in [-0.2, -0.15) is 0 Å². The molecule has 0 saturated carbocycles. The molecule has 1 amide bonds. The molecule has 4 nitrogen and oxygen atoms in total. The van der Waals surface area contributed by atoms with Crippen molar-refractivity contribution in [2.75, 3.05) is 5.32 Å². The predicted octanol–water partition coefficient (Wildman–Crippen LogP) is 3.00. The van der Waals surface area contributed by atoms with Crippen molar-refractivity contribution in [1.82, 2.24) is 4.98 Å². The summed E-state index contributed by atoms with van der Waals surface area (Å²) in [5.74, 6) is 0.966. The summed E-state index contributed by atoms with van der Waals surface area (Å²) >= 11 is 0. The van der Waals surface area contributed by atoms with Crippen molar-refractivity contribution < 1.29 is 9.53 Å². The third-order valence-corrected chi connectivity index (χ3v) is 2.13. The quantitative estimate of drug-likeness (QED) is 0.859. The number of nitrogens with one attached hydrogen (secondary N) is 1. The van der Waals surface area contributed by atoms with Crippen LogP contribution in [0.15, 0.2) is 48.7 Å². The number of amides is 1. The number of carbonyl (C=O) groups excluding carboxylic acids is 1. The lowest BCUT2D eigenvalue weighted by atomic mass is 10.2. The van der Waals surface area contributed by atoms with Gasteiger partial charge in [0.1, 0.15) is 11.6 Å². The fourth-order valence-corrected chi connectivity index (χ4v) is 1.28. The molecule has 0 bridgehead atoms. The van der Waals surface area contributed by atoms with Crippen molar-refractivity contribution in [3.05, 3.63) is 54.2 Å². The number of nitrogens with zero attached hydrogens (tertiary/aromatic N) is 1. The van der Waals surface area contributed by atoms with Crippen LogP contribution in [-0.4, -0.2) is 11.1 Å². The number of pyridine rings is 1. The molecule has 1 heterocycles. The standard InChI is InChI=1S/C13H12N2O2/c1-10-5-7-11(8-6-10)17-13(16)15-12-4-2-3-9-14-12/h2-9H,1H3,(H,14,15,16). The highest BCUT2D eigenvalue weighted by Gasteiger charge is 2.04. The van der Waals surface area contributed by atoms with Crippen LogP contribution in [0.5, 0.6) is 5.75 Å². The first-order chi connectivity index (χ1) is 8.24. The molecule has 17 heavy (non-hydrogen) atoms. The maximum Gasteiger partial charge on any atom is 0.418 e. The molecule has 2 aromatic rings. The Morgan fingerprint density at radius 3 is 2.59 bits per heavy atom. The third kappa shape index (κ3) is 3.31. The lowest BCUT2D eigenvalue weighted by Gasteiger charge is -2.05. The predicted molar refractivity (Wildman–Crippen MR) is 65.1 cm³/mol. The molecule has 0 radical (unpaired) electrons. The molecule has 2 rings (SSSR count). The van der Waals surface area contributed by atoms with Gasteiger partial charge < -0.3 is 4.74 Å². The molecule has 1 N–H and O–H groups in total. The molecule has 0 aliphatic heterocycles. The Labute approximate surface area is 99.3 Å². The van der Waals surface area contributed by atoms with Gasteiger partial charge in [-0.25, -0.2) is 9.78 Å². The van der Waals surface area contributed by atoms with Gasteiger partial charge in [-0.15, -0.1) is 0 Å². The molecule has 1 aromatic carbocycles. The minimum Gasteiger partial charge on any atom is -0.410 e. The highest BCUT2D eigenvalue weighted by atomic mass is 16.6. The maximum atomic E-state index is 11.5.